The van der Waals surface area contributed by atoms with Crippen molar-refractivity contribution in [2.75, 3.05) is 0 Å². The van der Waals surface area contributed by atoms with E-state index in [0.29, 0.717) is 16.0 Å². The van der Waals surface area contributed by atoms with Crippen molar-refractivity contribution in [2.45, 2.75) is 13.8 Å². The van der Waals surface area contributed by atoms with Crippen molar-refractivity contribution in [2.24, 2.45) is 0 Å². The van der Waals surface area contributed by atoms with Gasteiger partial charge in [-0.15, -0.1) is 0 Å². The molecule has 0 saturated heterocycles. The average Bonchev–Trinajstić information content (AvgIpc) is 2.43. The minimum atomic E-state index is 0.428. The van der Waals surface area contributed by atoms with Gasteiger partial charge < -0.3 is 0 Å². The fourth-order valence-electron chi connectivity index (χ4n) is 2.27. The zero-order valence-electron chi connectivity index (χ0n) is 11.4. The van der Waals surface area contributed by atoms with E-state index in [2.05, 4.69) is 25.9 Å². The highest BCUT2D eigenvalue weighted by Crippen LogP contribution is 2.33. The maximum Gasteiger partial charge on any atom is 0.163 e. The first-order valence-corrected chi connectivity index (χ1v) is 7.91. The molecular weight excluding hydrogens is 371 g/mol. The second-order valence-electron chi connectivity index (χ2n) is 4.89. The minimum absolute atomic E-state index is 0.428. The SMILES string of the molecule is Cc1cccc(-c2nc(Cl)c3cc(Br)cc(C)c3n2)c1Cl. The van der Waals surface area contributed by atoms with Crippen molar-refractivity contribution in [3.63, 3.8) is 0 Å². The van der Waals surface area contributed by atoms with Crippen LogP contribution in [0.3, 0.4) is 0 Å². The van der Waals surface area contributed by atoms with Gasteiger partial charge in [-0.2, -0.15) is 0 Å². The Morgan fingerprint density at radius 2 is 1.76 bits per heavy atom. The number of fused-ring (bicyclic) bond motifs is 1. The number of hydrogen-bond acceptors (Lipinski definition) is 2. The van der Waals surface area contributed by atoms with Gasteiger partial charge in [0.2, 0.25) is 0 Å². The number of halogens is 3. The molecule has 0 radical (unpaired) electrons. The third-order valence-electron chi connectivity index (χ3n) is 3.34. The van der Waals surface area contributed by atoms with Crippen LogP contribution < -0.4 is 0 Å². The fraction of sp³-hybridized carbons (Fsp3) is 0.125. The lowest BCUT2D eigenvalue weighted by molar-refractivity contribution is 1.21. The smallest absolute Gasteiger partial charge is 0.163 e. The average molecular weight is 382 g/mol. The molecule has 3 aromatic rings. The Morgan fingerprint density at radius 1 is 1.00 bits per heavy atom. The van der Waals surface area contributed by atoms with Crippen LogP contribution in [0.25, 0.3) is 22.3 Å². The van der Waals surface area contributed by atoms with Gasteiger partial charge in [0.15, 0.2) is 5.82 Å². The number of hydrogen-bond donors (Lipinski definition) is 0. The Bertz CT molecular complexity index is 863. The lowest BCUT2D eigenvalue weighted by Crippen LogP contribution is -1.95. The van der Waals surface area contributed by atoms with Crippen molar-refractivity contribution in [1.82, 2.24) is 9.97 Å². The Balaban J connectivity index is 2.33. The second-order valence-corrected chi connectivity index (χ2v) is 6.54. The quantitative estimate of drug-likeness (QED) is 0.484. The van der Waals surface area contributed by atoms with E-state index < -0.39 is 0 Å². The first-order chi connectivity index (χ1) is 9.97. The summed E-state index contributed by atoms with van der Waals surface area (Å²) in [5.74, 6) is 0.548. The van der Waals surface area contributed by atoms with Crippen LogP contribution in [-0.4, -0.2) is 9.97 Å². The predicted molar refractivity (Wildman–Crippen MR) is 92.2 cm³/mol. The number of nitrogens with zero attached hydrogens (tertiary/aromatic N) is 2. The molecule has 0 bridgehead atoms. The molecule has 0 fully saturated rings. The maximum atomic E-state index is 6.37. The van der Waals surface area contributed by atoms with Crippen LogP contribution in [-0.2, 0) is 0 Å². The van der Waals surface area contributed by atoms with E-state index in [1.807, 2.05) is 44.2 Å². The monoisotopic (exact) mass is 380 g/mol. The molecule has 3 rings (SSSR count). The highest BCUT2D eigenvalue weighted by molar-refractivity contribution is 9.10. The van der Waals surface area contributed by atoms with Crippen molar-refractivity contribution < 1.29 is 0 Å². The summed E-state index contributed by atoms with van der Waals surface area (Å²) in [6.07, 6.45) is 0. The molecule has 0 unspecified atom stereocenters. The molecule has 1 aromatic heterocycles. The fourth-order valence-corrected chi connectivity index (χ4v) is 3.27. The topological polar surface area (TPSA) is 25.8 Å². The summed E-state index contributed by atoms with van der Waals surface area (Å²) in [5, 5.41) is 1.91. The zero-order valence-corrected chi connectivity index (χ0v) is 14.5. The standard InChI is InChI=1S/C16H11BrCl2N2/c1-8-4-3-5-11(13(8)18)16-20-14-9(2)6-10(17)7-12(14)15(19)21-16/h3-7H,1-2H3. The van der Waals surface area contributed by atoms with Crippen LogP contribution >= 0.6 is 39.1 Å². The highest BCUT2D eigenvalue weighted by atomic mass is 79.9. The maximum absolute atomic E-state index is 6.37. The number of benzene rings is 2. The third kappa shape index (κ3) is 2.66. The van der Waals surface area contributed by atoms with Gasteiger partial charge in [-0.3, -0.25) is 0 Å². The number of rotatable bonds is 1. The summed E-state index contributed by atoms with van der Waals surface area (Å²) in [5.41, 5.74) is 3.66. The minimum Gasteiger partial charge on any atom is -0.228 e. The molecule has 0 N–H and O–H groups in total. The first-order valence-electron chi connectivity index (χ1n) is 6.36. The Morgan fingerprint density at radius 3 is 2.52 bits per heavy atom. The van der Waals surface area contributed by atoms with Crippen molar-refractivity contribution in [1.29, 1.82) is 0 Å². The Labute approximate surface area is 141 Å². The van der Waals surface area contributed by atoms with Gasteiger partial charge in [-0.1, -0.05) is 51.3 Å². The molecule has 0 aliphatic rings. The molecule has 5 heteroatoms. The third-order valence-corrected chi connectivity index (χ3v) is 4.59. The normalized spacial score (nSPS) is 11.1. The summed E-state index contributed by atoms with van der Waals surface area (Å²) >= 11 is 16.2. The van der Waals surface area contributed by atoms with Crippen molar-refractivity contribution >= 4 is 50.0 Å². The molecule has 0 aliphatic carbocycles. The van der Waals surface area contributed by atoms with Crippen molar-refractivity contribution in [3.8, 4) is 11.4 Å². The summed E-state index contributed by atoms with van der Waals surface area (Å²) in [7, 11) is 0. The van der Waals surface area contributed by atoms with Gasteiger partial charge in [0.05, 0.1) is 10.5 Å². The summed E-state index contributed by atoms with van der Waals surface area (Å²) in [4.78, 5) is 9.05. The first kappa shape index (κ1) is 14.8. The molecule has 2 nitrogen and oxygen atoms in total. The van der Waals surface area contributed by atoms with Gasteiger partial charge in [0.25, 0.3) is 0 Å². The van der Waals surface area contributed by atoms with Crippen LogP contribution in [0, 0.1) is 13.8 Å². The van der Waals surface area contributed by atoms with Crippen LogP contribution in [0.15, 0.2) is 34.8 Å². The molecule has 106 valence electrons. The van der Waals surface area contributed by atoms with E-state index >= 15 is 0 Å². The molecule has 0 saturated carbocycles. The van der Waals surface area contributed by atoms with Gasteiger partial charge in [-0.05, 0) is 43.2 Å². The van der Waals surface area contributed by atoms with Gasteiger partial charge >= 0.3 is 0 Å². The van der Waals surface area contributed by atoms with E-state index in [1.165, 1.54) is 0 Å². The molecule has 1 heterocycles. The summed E-state index contributed by atoms with van der Waals surface area (Å²) < 4.78 is 0.958. The van der Waals surface area contributed by atoms with E-state index in [4.69, 9.17) is 23.2 Å². The summed E-state index contributed by atoms with van der Waals surface area (Å²) in [6, 6.07) is 9.73. The molecule has 0 atom stereocenters. The molecule has 21 heavy (non-hydrogen) atoms. The predicted octanol–water partition coefficient (Wildman–Crippen LogP) is 5.98. The lowest BCUT2D eigenvalue weighted by Gasteiger charge is -2.09. The lowest BCUT2D eigenvalue weighted by atomic mass is 10.1. The van der Waals surface area contributed by atoms with Gasteiger partial charge in [-0.25, -0.2) is 9.97 Å². The largest absolute Gasteiger partial charge is 0.228 e. The number of aromatic nitrogens is 2. The second kappa shape index (κ2) is 5.56. The van der Waals surface area contributed by atoms with Gasteiger partial charge in [0.1, 0.15) is 5.15 Å². The van der Waals surface area contributed by atoms with Crippen LogP contribution in [0.5, 0.6) is 0 Å². The van der Waals surface area contributed by atoms with Crippen LogP contribution in [0.2, 0.25) is 10.2 Å². The van der Waals surface area contributed by atoms with Gasteiger partial charge in [0, 0.05) is 15.4 Å². The van der Waals surface area contributed by atoms with E-state index in [9.17, 15) is 0 Å². The number of aryl methyl sites for hydroxylation is 2. The van der Waals surface area contributed by atoms with E-state index in [0.717, 1.165) is 32.1 Å². The van der Waals surface area contributed by atoms with Crippen LogP contribution in [0.4, 0.5) is 0 Å². The zero-order chi connectivity index (χ0) is 15.1. The molecule has 2 aromatic carbocycles. The molecule has 0 amide bonds. The van der Waals surface area contributed by atoms with E-state index in [-0.39, 0.29) is 0 Å². The van der Waals surface area contributed by atoms with Crippen LogP contribution in [0.1, 0.15) is 11.1 Å². The molecule has 0 spiro atoms. The van der Waals surface area contributed by atoms with E-state index in [1.54, 1.807) is 0 Å². The highest BCUT2D eigenvalue weighted by Gasteiger charge is 2.13. The summed E-state index contributed by atoms with van der Waals surface area (Å²) in [6.45, 7) is 3.95. The van der Waals surface area contributed by atoms with Crippen molar-refractivity contribution in [3.05, 3.63) is 56.1 Å². The molecular formula is C16H11BrCl2N2. The Kier molecular flexibility index (Phi) is 3.91. The Hall–Kier alpha value is -1.16. The molecule has 0 aliphatic heterocycles.